The molecular weight excluding hydrogens is 501 g/mol. The van der Waals surface area contributed by atoms with Gasteiger partial charge in [0.25, 0.3) is 0 Å². The molecule has 0 aromatic rings. The molecule has 7 nitrogen and oxygen atoms in total. The van der Waals surface area contributed by atoms with E-state index in [9.17, 15) is 9.90 Å². The van der Waals surface area contributed by atoms with Crippen LogP contribution in [-0.2, 0) is 23.2 Å². The van der Waals surface area contributed by atoms with E-state index >= 15 is 0 Å². The number of aliphatic hydroxyl groups excluding tert-OH is 1. The molecule has 1 aliphatic rings. The predicted molar refractivity (Wildman–Crippen MR) is 160 cm³/mol. The Hall–Kier alpha value is -0.315. The zero-order valence-corrected chi connectivity index (χ0v) is 25.7. The topological polar surface area (TPSA) is 86.2 Å². The second-order valence-corrected chi connectivity index (χ2v) is 11.4. The summed E-state index contributed by atoms with van der Waals surface area (Å²) in [7, 11) is 3.67. The van der Waals surface area contributed by atoms with Gasteiger partial charge in [0, 0.05) is 26.4 Å². The van der Waals surface area contributed by atoms with Crippen molar-refractivity contribution in [3.05, 3.63) is 0 Å². The minimum Gasteiger partial charge on any atom is -0.394 e. The lowest BCUT2D eigenvalue weighted by Crippen LogP contribution is -2.38. The maximum atomic E-state index is 12.3. The minimum atomic E-state index is -0.183. The molecule has 2 N–H and O–H groups in total. The molecule has 1 fully saturated rings. The Kier molecular flexibility index (Phi) is 23.0. The second kappa shape index (κ2) is 24.5. The summed E-state index contributed by atoms with van der Waals surface area (Å²) in [5.74, 6) is 0.0570. The molecule has 38 heavy (non-hydrogen) atoms. The van der Waals surface area contributed by atoms with E-state index < -0.39 is 0 Å². The van der Waals surface area contributed by atoms with Crippen molar-refractivity contribution in [2.75, 3.05) is 33.2 Å². The monoisotopic (exact) mass is 559 g/mol. The van der Waals surface area contributed by atoms with Crippen LogP contribution in [0.5, 0.6) is 0 Å². The smallest absolute Gasteiger partial charge is 0.220 e. The molecule has 1 saturated heterocycles. The summed E-state index contributed by atoms with van der Waals surface area (Å²) >= 11 is 1.32. The van der Waals surface area contributed by atoms with Crippen LogP contribution in [0.15, 0.2) is 0 Å². The third-order valence-corrected chi connectivity index (χ3v) is 7.85. The number of hydrogen-bond donors (Lipinski definition) is 2. The largest absolute Gasteiger partial charge is 0.394 e. The number of amides is 1. The molecule has 9 heteroatoms. The highest BCUT2D eigenvalue weighted by Crippen LogP contribution is 2.28. The molecule has 3 unspecified atom stereocenters. The highest BCUT2D eigenvalue weighted by atomic mass is 32.2. The van der Waals surface area contributed by atoms with Crippen molar-refractivity contribution in [3.63, 3.8) is 0 Å². The van der Waals surface area contributed by atoms with Crippen molar-refractivity contribution in [2.45, 2.75) is 146 Å². The summed E-state index contributed by atoms with van der Waals surface area (Å²) in [6.45, 7) is 3.31. The van der Waals surface area contributed by atoms with Crippen molar-refractivity contribution in [2.24, 2.45) is 0 Å². The fourth-order valence-corrected chi connectivity index (χ4v) is 5.65. The van der Waals surface area contributed by atoms with E-state index in [1.165, 1.54) is 82.7 Å². The number of carbonyl (C=O) groups excluding carboxylic acids is 1. The Bertz CT molecular complexity index is 561. The van der Waals surface area contributed by atoms with Gasteiger partial charge < -0.3 is 28.8 Å². The highest BCUT2D eigenvalue weighted by molar-refractivity contribution is 7.93. The van der Waals surface area contributed by atoms with Crippen LogP contribution in [-0.4, -0.2) is 82.4 Å². The number of nitrogens with one attached hydrogen (secondary N) is 1. The Morgan fingerprint density at radius 2 is 1.55 bits per heavy atom. The third kappa shape index (κ3) is 16.7. The number of unbranched alkanes of at least 4 members (excludes halogenated alkanes) is 13. The molecular formula is C29H58BNO6S. The summed E-state index contributed by atoms with van der Waals surface area (Å²) < 4.78 is 23.1. The second-order valence-electron chi connectivity index (χ2n) is 10.8. The lowest BCUT2D eigenvalue weighted by molar-refractivity contribution is -0.122. The van der Waals surface area contributed by atoms with Gasteiger partial charge in [0.2, 0.25) is 5.91 Å². The molecule has 1 rings (SSSR count). The van der Waals surface area contributed by atoms with E-state index in [-0.39, 0.29) is 42.9 Å². The van der Waals surface area contributed by atoms with Gasteiger partial charge in [-0.1, -0.05) is 84.0 Å². The lowest BCUT2D eigenvalue weighted by atomic mass is 9.93. The van der Waals surface area contributed by atoms with Gasteiger partial charge >= 0.3 is 0 Å². The van der Waals surface area contributed by atoms with Gasteiger partial charge in [0.1, 0.15) is 26.2 Å². The number of aliphatic hydroxyl groups is 1. The van der Waals surface area contributed by atoms with E-state index in [0.29, 0.717) is 19.6 Å². The van der Waals surface area contributed by atoms with Crippen LogP contribution in [0.3, 0.4) is 0 Å². The first-order valence-corrected chi connectivity index (χ1v) is 16.6. The van der Waals surface area contributed by atoms with Gasteiger partial charge in [-0.2, -0.15) is 0 Å². The summed E-state index contributed by atoms with van der Waals surface area (Å²) in [6, 6.07) is -0.237. The zero-order chi connectivity index (χ0) is 27.8. The molecule has 0 aromatic heterocycles. The third-order valence-electron chi connectivity index (χ3n) is 7.43. The van der Waals surface area contributed by atoms with Crippen LogP contribution in [0.1, 0.15) is 116 Å². The van der Waals surface area contributed by atoms with Gasteiger partial charge in [-0.05, 0) is 37.7 Å². The number of ether oxygens (including phenoxy) is 3. The molecule has 0 radical (unpaired) electrons. The van der Waals surface area contributed by atoms with E-state index in [2.05, 4.69) is 12.2 Å². The Morgan fingerprint density at radius 3 is 2.11 bits per heavy atom. The molecule has 5 atom stereocenters. The van der Waals surface area contributed by atoms with E-state index in [0.717, 1.165) is 32.1 Å². The first-order chi connectivity index (χ1) is 18.6. The lowest BCUT2D eigenvalue weighted by Gasteiger charge is -2.23. The van der Waals surface area contributed by atoms with Crippen LogP contribution in [0, 0.1) is 0 Å². The molecule has 1 amide bonds. The SMILES string of the molecule is B[C@@H]1O[C@H](COC)C(OSC)C1OCCCCC(CO)NC(=O)CCCCCCCCCCCCCCC. The van der Waals surface area contributed by atoms with Gasteiger partial charge in [0.05, 0.1) is 25.3 Å². The number of carbonyl (C=O) groups is 1. The van der Waals surface area contributed by atoms with Gasteiger partial charge in [0.15, 0.2) is 0 Å². The fourth-order valence-electron chi connectivity index (χ4n) is 5.19. The van der Waals surface area contributed by atoms with Crippen molar-refractivity contribution in [3.8, 4) is 0 Å². The van der Waals surface area contributed by atoms with Gasteiger partial charge in [-0.15, -0.1) is 0 Å². The minimum absolute atomic E-state index is 0.0268. The molecule has 0 spiro atoms. The predicted octanol–water partition coefficient (Wildman–Crippen LogP) is 5.17. The zero-order valence-electron chi connectivity index (χ0n) is 24.9. The van der Waals surface area contributed by atoms with Gasteiger partial charge in [-0.3, -0.25) is 4.79 Å². The first-order valence-electron chi connectivity index (χ1n) is 15.4. The normalized spacial score (nSPS) is 22.1. The number of rotatable bonds is 26. The Balaban J connectivity index is 2.05. The van der Waals surface area contributed by atoms with Gasteiger partial charge in [-0.25, -0.2) is 0 Å². The number of methoxy groups -OCH3 is 1. The fraction of sp³-hybridized carbons (Fsp3) is 0.966. The maximum Gasteiger partial charge on any atom is 0.220 e. The Labute approximate surface area is 238 Å². The molecule has 0 aromatic carbocycles. The van der Waals surface area contributed by atoms with Crippen molar-refractivity contribution < 1.29 is 28.3 Å². The van der Waals surface area contributed by atoms with E-state index in [1.807, 2.05) is 14.1 Å². The van der Waals surface area contributed by atoms with Crippen LogP contribution >= 0.6 is 12.0 Å². The summed E-state index contributed by atoms with van der Waals surface area (Å²) in [5.41, 5.74) is 0. The van der Waals surface area contributed by atoms with Crippen LogP contribution in [0.25, 0.3) is 0 Å². The van der Waals surface area contributed by atoms with Crippen LogP contribution in [0.4, 0.5) is 0 Å². The summed E-state index contributed by atoms with van der Waals surface area (Å²) in [4.78, 5) is 12.3. The van der Waals surface area contributed by atoms with Crippen molar-refractivity contribution >= 4 is 25.8 Å². The van der Waals surface area contributed by atoms with E-state index in [1.54, 1.807) is 7.11 Å². The van der Waals surface area contributed by atoms with Crippen molar-refractivity contribution in [1.29, 1.82) is 0 Å². The highest BCUT2D eigenvalue weighted by Gasteiger charge is 2.44. The molecule has 1 aliphatic heterocycles. The summed E-state index contributed by atoms with van der Waals surface area (Å²) in [5, 5.41) is 12.7. The molecule has 0 bridgehead atoms. The first kappa shape index (κ1) is 35.7. The standard InChI is InChI=1S/C29H58BNO6S/c1-4-5-6-7-8-9-10-11-12-13-14-15-16-20-26(33)31-24(22-32)19-17-18-21-35-28-27(37-38-3)25(23-34-2)36-29(28)30/h24-25,27-29,32H,4-23,30H2,1-3H3,(H,31,33)/t24?,25-,27?,28?,29-/m1/s1. The average molecular weight is 560 g/mol. The van der Waals surface area contributed by atoms with Crippen molar-refractivity contribution in [1.82, 2.24) is 5.32 Å². The van der Waals surface area contributed by atoms with Crippen LogP contribution in [0.2, 0.25) is 0 Å². The Morgan fingerprint density at radius 1 is 0.947 bits per heavy atom. The van der Waals surface area contributed by atoms with Crippen LogP contribution < -0.4 is 5.32 Å². The quantitative estimate of drug-likeness (QED) is 0.0860. The molecule has 224 valence electrons. The number of hydrogen-bond acceptors (Lipinski definition) is 7. The maximum absolute atomic E-state index is 12.3. The van der Waals surface area contributed by atoms with E-state index in [4.69, 9.17) is 18.4 Å². The molecule has 0 aliphatic carbocycles. The average Bonchev–Trinajstić information content (AvgIpc) is 3.19. The summed E-state index contributed by atoms with van der Waals surface area (Å²) in [6.07, 6.45) is 21.4. The molecule has 0 saturated carbocycles. The molecule has 1 heterocycles.